The second kappa shape index (κ2) is 5.34. The first-order chi connectivity index (χ1) is 7.74. The van der Waals surface area contributed by atoms with Crippen LogP contribution in [0.15, 0.2) is 48.5 Å². The molecule has 0 aromatic heterocycles. The summed E-state index contributed by atoms with van der Waals surface area (Å²) >= 11 is 2.28. The lowest BCUT2D eigenvalue weighted by atomic mass is 10.2. The van der Waals surface area contributed by atoms with Gasteiger partial charge in [0.15, 0.2) is 0 Å². The molecule has 82 valence electrons. The zero-order valence-corrected chi connectivity index (χ0v) is 11.3. The fraction of sp³-hybridized carbons (Fsp3) is 0.143. The van der Waals surface area contributed by atoms with Gasteiger partial charge in [0.25, 0.3) is 0 Å². The fourth-order valence-electron chi connectivity index (χ4n) is 1.41. The van der Waals surface area contributed by atoms with Crippen molar-refractivity contribution >= 4 is 22.6 Å². The number of benzene rings is 2. The molecule has 0 aliphatic heterocycles. The molecule has 0 saturated carbocycles. The highest BCUT2D eigenvalue weighted by molar-refractivity contribution is 14.1. The minimum atomic E-state index is 0.625. The third kappa shape index (κ3) is 3.23. The molecule has 2 aromatic rings. The van der Waals surface area contributed by atoms with E-state index in [9.17, 15) is 0 Å². The van der Waals surface area contributed by atoms with Crippen molar-refractivity contribution in [2.45, 2.75) is 13.5 Å². The van der Waals surface area contributed by atoms with Crippen molar-refractivity contribution in [3.63, 3.8) is 0 Å². The Hall–Kier alpha value is -1.03. The topological polar surface area (TPSA) is 9.23 Å². The van der Waals surface area contributed by atoms with Crippen LogP contribution in [-0.2, 0) is 6.61 Å². The number of halogens is 1. The van der Waals surface area contributed by atoms with Crippen LogP contribution in [0.5, 0.6) is 5.75 Å². The van der Waals surface area contributed by atoms with Gasteiger partial charge in [0, 0.05) is 3.57 Å². The molecule has 0 aliphatic carbocycles. The Morgan fingerprint density at radius 3 is 2.50 bits per heavy atom. The van der Waals surface area contributed by atoms with Gasteiger partial charge in [-0.2, -0.15) is 0 Å². The summed E-state index contributed by atoms with van der Waals surface area (Å²) in [5.74, 6) is 0.924. The fourth-order valence-corrected chi connectivity index (χ4v) is 1.92. The van der Waals surface area contributed by atoms with Gasteiger partial charge in [-0.3, -0.25) is 0 Å². The van der Waals surface area contributed by atoms with Gasteiger partial charge in [-0.15, -0.1) is 0 Å². The number of ether oxygens (including phenoxy) is 1. The molecular formula is C14H13IO. The van der Waals surface area contributed by atoms with E-state index in [4.69, 9.17) is 4.74 Å². The highest BCUT2D eigenvalue weighted by Gasteiger charge is 1.96. The van der Waals surface area contributed by atoms with Gasteiger partial charge >= 0.3 is 0 Å². The molecular weight excluding hydrogens is 311 g/mol. The van der Waals surface area contributed by atoms with Gasteiger partial charge in [0.2, 0.25) is 0 Å². The molecule has 0 N–H and O–H groups in total. The van der Waals surface area contributed by atoms with Gasteiger partial charge in [-0.25, -0.2) is 0 Å². The summed E-state index contributed by atoms with van der Waals surface area (Å²) in [5, 5.41) is 0. The number of hydrogen-bond acceptors (Lipinski definition) is 1. The van der Waals surface area contributed by atoms with Crippen LogP contribution in [0.25, 0.3) is 0 Å². The maximum absolute atomic E-state index is 5.71. The molecule has 2 aromatic carbocycles. The number of rotatable bonds is 3. The molecule has 16 heavy (non-hydrogen) atoms. The lowest BCUT2D eigenvalue weighted by molar-refractivity contribution is 0.306. The average molecular weight is 324 g/mol. The van der Waals surface area contributed by atoms with E-state index < -0.39 is 0 Å². The first-order valence-corrected chi connectivity index (χ1v) is 6.26. The molecule has 2 heteroatoms. The van der Waals surface area contributed by atoms with Gasteiger partial charge < -0.3 is 4.74 Å². The van der Waals surface area contributed by atoms with E-state index in [0.717, 1.165) is 5.75 Å². The SMILES string of the molecule is Cc1ccc(COc2cccc(I)c2)cc1. The van der Waals surface area contributed by atoms with E-state index in [1.54, 1.807) is 0 Å². The molecule has 0 spiro atoms. The summed E-state index contributed by atoms with van der Waals surface area (Å²) in [4.78, 5) is 0. The minimum absolute atomic E-state index is 0.625. The monoisotopic (exact) mass is 324 g/mol. The standard InChI is InChI=1S/C14H13IO/c1-11-5-7-12(8-6-11)10-16-14-4-2-3-13(15)9-14/h2-9H,10H2,1H3. The normalized spacial score (nSPS) is 10.1. The van der Waals surface area contributed by atoms with Crippen molar-refractivity contribution in [2.24, 2.45) is 0 Å². The largest absolute Gasteiger partial charge is 0.489 e. The van der Waals surface area contributed by atoms with Crippen LogP contribution in [-0.4, -0.2) is 0 Å². The third-order valence-electron chi connectivity index (χ3n) is 2.32. The van der Waals surface area contributed by atoms with E-state index in [-0.39, 0.29) is 0 Å². The van der Waals surface area contributed by atoms with Gasteiger partial charge in [0.05, 0.1) is 0 Å². The van der Waals surface area contributed by atoms with Gasteiger partial charge in [0.1, 0.15) is 12.4 Å². The molecule has 0 aliphatic rings. The molecule has 0 heterocycles. The van der Waals surface area contributed by atoms with E-state index in [2.05, 4.69) is 59.8 Å². The van der Waals surface area contributed by atoms with Crippen molar-refractivity contribution in [3.05, 3.63) is 63.2 Å². The summed E-state index contributed by atoms with van der Waals surface area (Å²) in [5.41, 5.74) is 2.47. The summed E-state index contributed by atoms with van der Waals surface area (Å²) in [6.45, 7) is 2.71. The first kappa shape index (κ1) is 11.5. The molecule has 0 bridgehead atoms. The molecule has 0 radical (unpaired) electrons. The Bertz CT molecular complexity index is 462. The van der Waals surface area contributed by atoms with Crippen LogP contribution in [0.4, 0.5) is 0 Å². The van der Waals surface area contributed by atoms with E-state index >= 15 is 0 Å². The van der Waals surface area contributed by atoms with E-state index in [0.29, 0.717) is 6.61 Å². The predicted octanol–water partition coefficient (Wildman–Crippen LogP) is 4.18. The number of hydrogen-bond donors (Lipinski definition) is 0. The third-order valence-corrected chi connectivity index (χ3v) is 2.99. The quantitative estimate of drug-likeness (QED) is 0.770. The Labute approximate surface area is 110 Å². The van der Waals surface area contributed by atoms with Gasteiger partial charge in [-0.05, 0) is 53.3 Å². The molecule has 0 unspecified atom stereocenters. The van der Waals surface area contributed by atoms with Crippen LogP contribution in [0, 0.1) is 10.5 Å². The van der Waals surface area contributed by atoms with Crippen molar-refractivity contribution in [3.8, 4) is 5.75 Å². The summed E-state index contributed by atoms with van der Waals surface area (Å²) in [6, 6.07) is 16.5. The minimum Gasteiger partial charge on any atom is -0.489 e. The molecule has 0 atom stereocenters. The molecule has 0 amide bonds. The van der Waals surface area contributed by atoms with Crippen LogP contribution >= 0.6 is 22.6 Å². The van der Waals surface area contributed by atoms with E-state index in [1.165, 1.54) is 14.7 Å². The smallest absolute Gasteiger partial charge is 0.120 e. The van der Waals surface area contributed by atoms with Gasteiger partial charge in [-0.1, -0.05) is 35.9 Å². The summed E-state index contributed by atoms with van der Waals surface area (Å²) in [7, 11) is 0. The maximum atomic E-state index is 5.71. The second-order valence-electron chi connectivity index (χ2n) is 3.73. The van der Waals surface area contributed by atoms with Crippen LogP contribution in [0.3, 0.4) is 0 Å². The Balaban J connectivity index is 1.99. The first-order valence-electron chi connectivity index (χ1n) is 5.18. The predicted molar refractivity (Wildman–Crippen MR) is 74.7 cm³/mol. The van der Waals surface area contributed by atoms with Crippen LogP contribution in [0.2, 0.25) is 0 Å². The lowest BCUT2D eigenvalue weighted by Gasteiger charge is -2.06. The Kier molecular flexibility index (Phi) is 3.83. The molecule has 1 nitrogen and oxygen atoms in total. The average Bonchev–Trinajstić information content (AvgIpc) is 2.28. The zero-order valence-electron chi connectivity index (χ0n) is 9.11. The molecule has 0 saturated heterocycles. The highest BCUT2D eigenvalue weighted by atomic mass is 127. The van der Waals surface area contributed by atoms with Crippen molar-refractivity contribution < 1.29 is 4.74 Å². The maximum Gasteiger partial charge on any atom is 0.120 e. The Morgan fingerprint density at radius 2 is 1.81 bits per heavy atom. The van der Waals surface area contributed by atoms with Crippen LogP contribution < -0.4 is 4.74 Å². The van der Waals surface area contributed by atoms with Crippen LogP contribution in [0.1, 0.15) is 11.1 Å². The van der Waals surface area contributed by atoms with Crippen molar-refractivity contribution in [1.82, 2.24) is 0 Å². The zero-order chi connectivity index (χ0) is 11.4. The second-order valence-corrected chi connectivity index (χ2v) is 4.98. The van der Waals surface area contributed by atoms with E-state index in [1.807, 2.05) is 18.2 Å². The molecule has 2 rings (SSSR count). The molecule has 0 fully saturated rings. The van der Waals surface area contributed by atoms with Crippen molar-refractivity contribution in [1.29, 1.82) is 0 Å². The Morgan fingerprint density at radius 1 is 1.06 bits per heavy atom. The summed E-state index contributed by atoms with van der Waals surface area (Å²) < 4.78 is 6.90. The summed E-state index contributed by atoms with van der Waals surface area (Å²) in [6.07, 6.45) is 0. The lowest BCUT2D eigenvalue weighted by Crippen LogP contribution is -1.95. The number of aryl methyl sites for hydroxylation is 1. The van der Waals surface area contributed by atoms with Crippen molar-refractivity contribution in [2.75, 3.05) is 0 Å². The highest BCUT2D eigenvalue weighted by Crippen LogP contribution is 2.16.